The molecule has 0 saturated heterocycles. The van der Waals surface area contributed by atoms with Gasteiger partial charge in [-0.1, -0.05) is 61.1 Å². The Labute approximate surface area is 217 Å². The van der Waals surface area contributed by atoms with Crippen molar-refractivity contribution in [3.05, 3.63) is 60.3 Å². The maximum Gasteiger partial charge on any atom is 0.243 e. The zero-order valence-corrected chi connectivity index (χ0v) is 22.1. The lowest BCUT2D eigenvalue weighted by atomic mass is 9.90. The van der Waals surface area contributed by atoms with Gasteiger partial charge in [-0.25, -0.2) is 0 Å². The Hall–Kier alpha value is -1.95. The van der Waals surface area contributed by atoms with Crippen LogP contribution in [0.15, 0.2) is 60.3 Å². The van der Waals surface area contributed by atoms with Gasteiger partial charge < -0.3 is 19.9 Å². The van der Waals surface area contributed by atoms with Gasteiger partial charge in [-0.05, 0) is 88.5 Å². The van der Waals surface area contributed by atoms with Crippen LogP contribution in [-0.4, -0.2) is 48.1 Å². The summed E-state index contributed by atoms with van der Waals surface area (Å²) in [5.41, 5.74) is 2.50. The minimum absolute atomic E-state index is 0.0165. The molecule has 4 aliphatic rings. The van der Waals surface area contributed by atoms with Gasteiger partial charge in [0, 0.05) is 6.04 Å². The van der Waals surface area contributed by atoms with Crippen molar-refractivity contribution in [2.75, 3.05) is 6.61 Å². The first-order chi connectivity index (χ1) is 17.4. The number of fused-ring (bicyclic) bond motifs is 3. The summed E-state index contributed by atoms with van der Waals surface area (Å²) in [6.07, 6.45) is 22.1. The van der Waals surface area contributed by atoms with Crippen LogP contribution in [0.3, 0.4) is 0 Å². The lowest BCUT2D eigenvalue weighted by Gasteiger charge is -2.28. The Morgan fingerprint density at radius 1 is 1.17 bits per heavy atom. The van der Waals surface area contributed by atoms with Crippen molar-refractivity contribution in [1.82, 2.24) is 5.32 Å². The fraction of sp³-hybridized carbons (Fsp3) is 0.645. The standard InChI is InChI=1S/C31H45NO4/c1-21-13-14-35-27(16-21)10-4-7-25-19-24-20-29(24)30(33)18-23(3)15-22(2)17-28-11-5-8-26(36-28)9-6-12-31(34)32-25/h4-6,8,10,12-13,22,24-30,33H,3,7,9,11,14-20H2,1-2H3,(H,32,34)/b10-4+,12-6-/t22-,24-,25+,26-,27+,28-,29+,30-/m0/s1. The number of aliphatic hydroxyl groups is 1. The summed E-state index contributed by atoms with van der Waals surface area (Å²) in [5.74, 6) is 1.16. The van der Waals surface area contributed by atoms with Crippen LogP contribution in [0.5, 0.6) is 0 Å². The molecule has 198 valence electrons. The van der Waals surface area contributed by atoms with Gasteiger partial charge in [-0.15, -0.1) is 0 Å². The molecule has 2 N–H and O–H groups in total. The van der Waals surface area contributed by atoms with E-state index < -0.39 is 0 Å². The van der Waals surface area contributed by atoms with Crippen LogP contribution in [-0.2, 0) is 14.3 Å². The summed E-state index contributed by atoms with van der Waals surface area (Å²) in [6.45, 7) is 9.35. The number of rotatable bonds is 3. The molecule has 2 bridgehead atoms. The predicted octanol–water partition coefficient (Wildman–Crippen LogP) is 5.58. The van der Waals surface area contributed by atoms with Crippen molar-refractivity contribution in [2.24, 2.45) is 17.8 Å². The third-order valence-electron chi connectivity index (χ3n) is 8.00. The molecule has 0 spiro atoms. The lowest BCUT2D eigenvalue weighted by molar-refractivity contribution is -0.117. The van der Waals surface area contributed by atoms with E-state index in [0.29, 0.717) is 37.2 Å². The van der Waals surface area contributed by atoms with Crippen molar-refractivity contribution in [2.45, 2.75) is 102 Å². The Morgan fingerprint density at radius 2 is 2.03 bits per heavy atom. The van der Waals surface area contributed by atoms with Gasteiger partial charge in [0.05, 0.1) is 31.0 Å². The monoisotopic (exact) mass is 495 g/mol. The molecule has 3 aliphatic heterocycles. The Bertz CT molecular complexity index is 887. The van der Waals surface area contributed by atoms with E-state index >= 15 is 0 Å². The third-order valence-corrected chi connectivity index (χ3v) is 8.00. The maximum absolute atomic E-state index is 12.8. The molecule has 0 unspecified atom stereocenters. The number of ether oxygens (including phenoxy) is 2. The van der Waals surface area contributed by atoms with Crippen LogP contribution in [0, 0.1) is 17.8 Å². The number of aliphatic hydroxyl groups excluding tert-OH is 1. The van der Waals surface area contributed by atoms with Gasteiger partial charge in [0.2, 0.25) is 5.91 Å². The van der Waals surface area contributed by atoms with Gasteiger partial charge >= 0.3 is 0 Å². The maximum atomic E-state index is 12.8. The van der Waals surface area contributed by atoms with Crippen molar-refractivity contribution in [3.8, 4) is 0 Å². The van der Waals surface area contributed by atoms with Gasteiger partial charge in [0.15, 0.2) is 0 Å². The molecule has 5 nitrogen and oxygen atoms in total. The molecule has 5 heteroatoms. The molecular weight excluding hydrogens is 450 g/mol. The van der Waals surface area contributed by atoms with E-state index in [1.54, 1.807) is 6.08 Å². The molecular formula is C31H45NO4. The fourth-order valence-electron chi connectivity index (χ4n) is 6.01. The summed E-state index contributed by atoms with van der Waals surface area (Å²) in [6, 6.07) is 0.0399. The van der Waals surface area contributed by atoms with Crippen LogP contribution in [0.2, 0.25) is 0 Å². The van der Waals surface area contributed by atoms with E-state index in [4.69, 9.17) is 9.47 Å². The number of amides is 1. The molecule has 1 fully saturated rings. The quantitative estimate of drug-likeness (QED) is 0.502. The summed E-state index contributed by atoms with van der Waals surface area (Å²) < 4.78 is 12.1. The third kappa shape index (κ3) is 8.57. The van der Waals surface area contributed by atoms with Crippen molar-refractivity contribution < 1.29 is 19.4 Å². The fourth-order valence-corrected chi connectivity index (χ4v) is 6.01. The largest absolute Gasteiger partial charge is 0.392 e. The molecule has 0 aromatic carbocycles. The Morgan fingerprint density at radius 3 is 2.86 bits per heavy atom. The molecule has 1 saturated carbocycles. The van der Waals surface area contributed by atoms with E-state index in [1.807, 2.05) is 6.08 Å². The molecule has 0 aromatic heterocycles. The molecule has 0 radical (unpaired) electrons. The predicted molar refractivity (Wildman–Crippen MR) is 144 cm³/mol. The smallest absolute Gasteiger partial charge is 0.243 e. The highest BCUT2D eigenvalue weighted by atomic mass is 16.5. The topological polar surface area (TPSA) is 67.8 Å². The van der Waals surface area contributed by atoms with Crippen molar-refractivity contribution in [1.29, 1.82) is 0 Å². The van der Waals surface area contributed by atoms with Gasteiger partial charge in [-0.2, -0.15) is 0 Å². The summed E-state index contributed by atoms with van der Waals surface area (Å²) in [4.78, 5) is 12.8. The van der Waals surface area contributed by atoms with E-state index in [0.717, 1.165) is 50.5 Å². The highest BCUT2D eigenvalue weighted by molar-refractivity contribution is 5.87. The van der Waals surface area contributed by atoms with Crippen molar-refractivity contribution in [3.63, 3.8) is 0 Å². The molecule has 3 heterocycles. The zero-order valence-electron chi connectivity index (χ0n) is 22.1. The van der Waals surface area contributed by atoms with E-state index in [-0.39, 0.29) is 36.4 Å². The van der Waals surface area contributed by atoms with Crippen LogP contribution in [0.4, 0.5) is 0 Å². The molecule has 4 rings (SSSR count). The number of nitrogens with one attached hydrogen (secondary N) is 1. The lowest BCUT2D eigenvalue weighted by Crippen LogP contribution is -2.34. The first kappa shape index (κ1) is 27.1. The summed E-state index contributed by atoms with van der Waals surface area (Å²) in [7, 11) is 0. The molecule has 36 heavy (non-hydrogen) atoms. The van der Waals surface area contributed by atoms with Crippen LogP contribution in [0.1, 0.15) is 71.6 Å². The highest BCUT2D eigenvalue weighted by Gasteiger charge is 2.43. The van der Waals surface area contributed by atoms with Gasteiger partial charge in [0.25, 0.3) is 0 Å². The second kappa shape index (κ2) is 13.0. The van der Waals surface area contributed by atoms with E-state index in [9.17, 15) is 9.90 Å². The van der Waals surface area contributed by atoms with Crippen LogP contribution >= 0.6 is 0 Å². The molecule has 1 aliphatic carbocycles. The number of hydrogen-bond acceptors (Lipinski definition) is 4. The van der Waals surface area contributed by atoms with Crippen molar-refractivity contribution >= 4 is 5.91 Å². The number of carbonyl (C=O) groups is 1. The summed E-state index contributed by atoms with van der Waals surface area (Å²) in [5, 5.41) is 14.1. The first-order valence-electron chi connectivity index (χ1n) is 13.9. The average molecular weight is 496 g/mol. The molecule has 1 amide bonds. The minimum atomic E-state index is -0.344. The average Bonchev–Trinajstić information content (AvgIpc) is 3.58. The Balaban J connectivity index is 1.40. The SMILES string of the molecule is C=C1C[C@H](C)C[C@@H]2CC=C[C@@H](C/C=C\C(=O)N[C@H](C/C=C/[C@@H]3CC(C)=CCO3)C[C@H]3C[C@H]3[C@@H](O)C1)O2. The van der Waals surface area contributed by atoms with Crippen LogP contribution < -0.4 is 5.32 Å². The Kier molecular flexibility index (Phi) is 9.80. The molecule has 0 aromatic rings. The van der Waals surface area contributed by atoms with Crippen LogP contribution in [0.25, 0.3) is 0 Å². The van der Waals surface area contributed by atoms with Gasteiger partial charge in [-0.3, -0.25) is 4.79 Å². The highest BCUT2D eigenvalue weighted by Crippen LogP contribution is 2.46. The zero-order chi connectivity index (χ0) is 25.5. The normalized spacial score (nSPS) is 39.5. The van der Waals surface area contributed by atoms with Gasteiger partial charge in [0.1, 0.15) is 0 Å². The number of carbonyl (C=O) groups excluding carboxylic acids is 1. The number of hydrogen-bond donors (Lipinski definition) is 2. The minimum Gasteiger partial charge on any atom is -0.392 e. The first-order valence-corrected chi connectivity index (χ1v) is 13.9. The second-order valence-corrected chi connectivity index (χ2v) is 11.6. The summed E-state index contributed by atoms with van der Waals surface area (Å²) >= 11 is 0. The van der Waals surface area contributed by atoms with E-state index in [1.165, 1.54) is 5.57 Å². The molecule has 8 atom stereocenters. The second-order valence-electron chi connectivity index (χ2n) is 11.6. The van der Waals surface area contributed by atoms with E-state index in [2.05, 4.69) is 56.1 Å².